The fourth-order valence-corrected chi connectivity index (χ4v) is 2.49. The number of aromatic amines is 1. The van der Waals surface area contributed by atoms with E-state index >= 15 is 0 Å². The third-order valence-corrected chi connectivity index (χ3v) is 3.54. The zero-order valence-electron chi connectivity index (χ0n) is 10.9. The number of carbonyl (C=O) groups is 1. The lowest BCUT2D eigenvalue weighted by atomic mass is 9.96. The predicted octanol–water partition coefficient (Wildman–Crippen LogP) is 2.41. The number of aromatic nitrogens is 2. The molecule has 1 aliphatic rings. The van der Waals surface area contributed by atoms with Crippen LogP contribution in [0.2, 0.25) is 0 Å². The number of aryl methyl sites for hydroxylation is 1. The first-order chi connectivity index (χ1) is 9.78. The summed E-state index contributed by atoms with van der Waals surface area (Å²) >= 11 is 0. The van der Waals surface area contributed by atoms with Gasteiger partial charge in [0.15, 0.2) is 5.69 Å². The molecule has 1 aromatic carbocycles. The SMILES string of the molecule is N#Cc1ccc(NC(=O)c2n[nH]c3c2CCCC3)cc1. The van der Waals surface area contributed by atoms with Crippen LogP contribution in [0.15, 0.2) is 24.3 Å². The number of H-pyrrole nitrogens is 1. The summed E-state index contributed by atoms with van der Waals surface area (Å²) in [6.07, 6.45) is 4.12. The molecule has 5 heteroatoms. The third kappa shape index (κ3) is 2.28. The third-order valence-electron chi connectivity index (χ3n) is 3.54. The van der Waals surface area contributed by atoms with Gasteiger partial charge in [0.05, 0.1) is 11.6 Å². The first kappa shape index (κ1) is 12.4. The molecule has 1 aliphatic carbocycles. The molecular formula is C15H14N4O. The first-order valence-electron chi connectivity index (χ1n) is 6.65. The Morgan fingerprint density at radius 2 is 2.00 bits per heavy atom. The molecule has 1 heterocycles. The van der Waals surface area contributed by atoms with Crippen molar-refractivity contribution in [2.24, 2.45) is 0 Å². The van der Waals surface area contributed by atoms with E-state index < -0.39 is 0 Å². The lowest BCUT2D eigenvalue weighted by Gasteiger charge is -2.11. The van der Waals surface area contributed by atoms with E-state index in [-0.39, 0.29) is 5.91 Å². The second-order valence-electron chi connectivity index (χ2n) is 4.88. The van der Waals surface area contributed by atoms with Gasteiger partial charge >= 0.3 is 0 Å². The van der Waals surface area contributed by atoms with Crippen LogP contribution in [-0.2, 0) is 12.8 Å². The molecule has 0 aliphatic heterocycles. The summed E-state index contributed by atoms with van der Waals surface area (Å²) in [7, 11) is 0. The number of benzene rings is 1. The number of fused-ring (bicyclic) bond motifs is 1. The van der Waals surface area contributed by atoms with Crippen LogP contribution in [0.5, 0.6) is 0 Å². The summed E-state index contributed by atoms with van der Waals surface area (Å²) < 4.78 is 0. The topological polar surface area (TPSA) is 81.6 Å². The largest absolute Gasteiger partial charge is 0.321 e. The molecule has 0 bridgehead atoms. The van der Waals surface area contributed by atoms with Crippen LogP contribution >= 0.6 is 0 Å². The Kier molecular flexibility index (Phi) is 3.21. The summed E-state index contributed by atoms with van der Waals surface area (Å²) in [5, 5.41) is 18.7. The molecule has 1 aromatic heterocycles. The Balaban J connectivity index is 1.79. The Hall–Kier alpha value is -2.61. The summed E-state index contributed by atoms with van der Waals surface area (Å²) in [5.41, 5.74) is 3.86. The van der Waals surface area contributed by atoms with Crippen molar-refractivity contribution < 1.29 is 4.79 Å². The number of nitriles is 1. The monoisotopic (exact) mass is 266 g/mol. The summed E-state index contributed by atoms with van der Waals surface area (Å²) in [4.78, 5) is 12.2. The van der Waals surface area contributed by atoms with E-state index in [2.05, 4.69) is 15.5 Å². The smallest absolute Gasteiger partial charge is 0.276 e. The van der Waals surface area contributed by atoms with Gasteiger partial charge in [0, 0.05) is 16.9 Å². The molecule has 2 N–H and O–H groups in total. The standard InChI is InChI=1S/C15H14N4O/c16-9-10-5-7-11(8-6-10)17-15(20)14-12-3-1-2-4-13(12)18-19-14/h5-8H,1-4H2,(H,17,20)(H,18,19). The molecule has 100 valence electrons. The van der Waals surface area contributed by atoms with E-state index in [0.29, 0.717) is 16.9 Å². The molecule has 0 saturated carbocycles. The molecule has 0 radical (unpaired) electrons. The molecule has 3 rings (SSSR count). The lowest BCUT2D eigenvalue weighted by molar-refractivity contribution is 0.102. The van der Waals surface area contributed by atoms with Crippen molar-refractivity contribution in [2.75, 3.05) is 5.32 Å². The lowest BCUT2D eigenvalue weighted by Crippen LogP contribution is -2.15. The second kappa shape index (κ2) is 5.17. The molecule has 0 saturated heterocycles. The van der Waals surface area contributed by atoms with Gasteiger partial charge in [-0.15, -0.1) is 0 Å². The van der Waals surface area contributed by atoms with Crippen LogP contribution in [-0.4, -0.2) is 16.1 Å². The maximum Gasteiger partial charge on any atom is 0.276 e. The maximum absolute atomic E-state index is 12.2. The average molecular weight is 266 g/mol. The first-order valence-corrected chi connectivity index (χ1v) is 6.65. The van der Waals surface area contributed by atoms with Crippen molar-refractivity contribution in [3.8, 4) is 6.07 Å². The Bertz CT molecular complexity index is 679. The number of nitrogens with zero attached hydrogens (tertiary/aromatic N) is 2. The second-order valence-corrected chi connectivity index (χ2v) is 4.88. The maximum atomic E-state index is 12.2. The molecule has 0 fully saturated rings. The highest BCUT2D eigenvalue weighted by atomic mass is 16.1. The predicted molar refractivity (Wildman–Crippen MR) is 74.3 cm³/mol. The number of amides is 1. The van der Waals surface area contributed by atoms with Gasteiger partial charge in [0.2, 0.25) is 0 Å². The molecule has 20 heavy (non-hydrogen) atoms. The van der Waals surface area contributed by atoms with Gasteiger partial charge in [0.1, 0.15) is 0 Å². The highest BCUT2D eigenvalue weighted by Gasteiger charge is 2.21. The van der Waals surface area contributed by atoms with Crippen molar-refractivity contribution in [1.82, 2.24) is 10.2 Å². The number of carbonyl (C=O) groups excluding carboxylic acids is 1. The molecule has 1 amide bonds. The van der Waals surface area contributed by atoms with Crippen LogP contribution in [0, 0.1) is 11.3 Å². The van der Waals surface area contributed by atoms with Gasteiger partial charge in [-0.25, -0.2) is 0 Å². The minimum Gasteiger partial charge on any atom is -0.321 e. The van der Waals surface area contributed by atoms with Gasteiger partial charge in [0.25, 0.3) is 5.91 Å². The van der Waals surface area contributed by atoms with E-state index in [9.17, 15) is 4.79 Å². The van der Waals surface area contributed by atoms with Gasteiger partial charge in [-0.1, -0.05) is 0 Å². The summed E-state index contributed by atoms with van der Waals surface area (Å²) in [6, 6.07) is 8.83. The number of hydrogen-bond acceptors (Lipinski definition) is 3. The van der Waals surface area contributed by atoms with Crippen LogP contribution in [0.3, 0.4) is 0 Å². The van der Waals surface area contributed by atoms with E-state index in [1.54, 1.807) is 24.3 Å². The van der Waals surface area contributed by atoms with Gasteiger partial charge in [-0.3, -0.25) is 9.89 Å². The summed E-state index contributed by atoms with van der Waals surface area (Å²) in [5.74, 6) is -0.200. The zero-order valence-corrected chi connectivity index (χ0v) is 10.9. The normalized spacial score (nSPS) is 13.3. The quantitative estimate of drug-likeness (QED) is 0.875. The van der Waals surface area contributed by atoms with E-state index in [0.717, 1.165) is 36.9 Å². The van der Waals surface area contributed by atoms with Crippen molar-refractivity contribution in [3.05, 3.63) is 46.8 Å². The fraction of sp³-hybridized carbons (Fsp3) is 0.267. The Morgan fingerprint density at radius 1 is 1.25 bits per heavy atom. The van der Waals surface area contributed by atoms with Crippen molar-refractivity contribution in [1.29, 1.82) is 5.26 Å². The van der Waals surface area contributed by atoms with E-state index in [4.69, 9.17) is 5.26 Å². The number of nitrogens with one attached hydrogen (secondary N) is 2. The molecule has 5 nitrogen and oxygen atoms in total. The van der Waals surface area contributed by atoms with Crippen LogP contribution < -0.4 is 5.32 Å². The molecular weight excluding hydrogens is 252 g/mol. The summed E-state index contributed by atoms with van der Waals surface area (Å²) in [6.45, 7) is 0. The number of hydrogen-bond donors (Lipinski definition) is 2. The molecule has 0 spiro atoms. The van der Waals surface area contributed by atoms with Crippen molar-refractivity contribution in [3.63, 3.8) is 0 Å². The minimum atomic E-state index is -0.200. The zero-order chi connectivity index (χ0) is 13.9. The number of anilines is 1. The Labute approximate surface area is 116 Å². The van der Waals surface area contributed by atoms with Crippen LogP contribution in [0.1, 0.15) is 40.2 Å². The number of rotatable bonds is 2. The molecule has 0 unspecified atom stereocenters. The van der Waals surface area contributed by atoms with Gasteiger partial charge in [-0.05, 0) is 49.9 Å². The van der Waals surface area contributed by atoms with E-state index in [1.165, 1.54) is 0 Å². The van der Waals surface area contributed by atoms with Crippen LogP contribution in [0.25, 0.3) is 0 Å². The van der Waals surface area contributed by atoms with Crippen LogP contribution in [0.4, 0.5) is 5.69 Å². The van der Waals surface area contributed by atoms with Gasteiger partial charge in [-0.2, -0.15) is 10.4 Å². The van der Waals surface area contributed by atoms with Crippen molar-refractivity contribution >= 4 is 11.6 Å². The average Bonchev–Trinajstić information content (AvgIpc) is 2.92. The fourth-order valence-electron chi connectivity index (χ4n) is 2.49. The minimum absolute atomic E-state index is 0.200. The van der Waals surface area contributed by atoms with E-state index in [1.807, 2.05) is 6.07 Å². The van der Waals surface area contributed by atoms with Crippen molar-refractivity contribution in [2.45, 2.75) is 25.7 Å². The molecule has 0 atom stereocenters. The molecule has 2 aromatic rings. The Morgan fingerprint density at radius 3 is 2.75 bits per heavy atom. The highest BCUT2D eigenvalue weighted by molar-refractivity contribution is 6.04. The van der Waals surface area contributed by atoms with Gasteiger partial charge < -0.3 is 5.32 Å². The highest BCUT2D eigenvalue weighted by Crippen LogP contribution is 2.22.